The number of nitrogens with zero attached hydrogens (tertiary/aromatic N) is 3. The van der Waals surface area contributed by atoms with E-state index >= 15 is 0 Å². The monoisotopic (exact) mass is 355 g/mol. The van der Waals surface area contributed by atoms with Crippen LogP contribution >= 0.6 is 23.2 Å². The van der Waals surface area contributed by atoms with E-state index in [4.69, 9.17) is 27.9 Å². The van der Waals surface area contributed by atoms with Crippen LogP contribution in [0.15, 0.2) is 24.3 Å². The fourth-order valence-corrected chi connectivity index (χ4v) is 2.21. The molecule has 0 bridgehead atoms. The minimum Gasteiger partial charge on any atom is -0.420 e. The van der Waals surface area contributed by atoms with Gasteiger partial charge in [0.05, 0.1) is 4.92 Å². The normalized spacial score (nSPS) is 10.4. The summed E-state index contributed by atoms with van der Waals surface area (Å²) in [5.41, 5.74) is 0.744. The summed E-state index contributed by atoms with van der Waals surface area (Å²) in [6.07, 6.45) is 0.441. The van der Waals surface area contributed by atoms with Crippen LogP contribution in [0.5, 0.6) is 5.75 Å². The van der Waals surface area contributed by atoms with Crippen molar-refractivity contribution in [1.29, 1.82) is 0 Å². The molecule has 2 rings (SSSR count). The molecule has 0 spiro atoms. The summed E-state index contributed by atoms with van der Waals surface area (Å²) in [6.45, 7) is 1.63. The Morgan fingerprint density at radius 2 is 1.78 bits per heavy atom. The Labute approximate surface area is 141 Å². The highest BCUT2D eigenvalue weighted by Crippen LogP contribution is 2.30. The smallest absolute Gasteiger partial charge is 0.311 e. The number of esters is 1. The molecule has 0 aliphatic carbocycles. The van der Waals surface area contributed by atoms with Gasteiger partial charge in [-0.25, -0.2) is 9.97 Å². The van der Waals surface area contributed by atoms with E-state index in [1.807, 2.05) is 0 Å². The third-order valence-electron chi connectivity index (χ3n) is 2.84. The number of rotatable bonds is 5. The molecule has 120 valence electrons. The Morgan fingerprint density at radius 3 is 2.26 bits per heavy atom. The van der Waals surface area contributed by atoms with Gasteiger partial charge in [0.25, 0.3) is 5.69 Å². The van der Waals surface area contributed by atoms with Crippen LogP contribution in [0.3, 0.4) is 0 Å². The van der Waals surface area contributed by atoms with E-state index in [-0.39, 0.29) is 34.6 Å². The molecule has 0 aliphatic rings. The highest BCUT2D eigenvalue weighted by Gasteiger charge is 2.16. The molecule has 2 aromatic rings. The minimum absolute atomic E-state index is 0.00689. The zero-order valence-corrected chi connectivity index (χ0v) is 13.5. The number of carbonyl (C=O) groups excluding carboxylic acids is 1. The lowest BCUT2D eigenvalue weighted by Crippen LogP contribution is -2.09. The molecule has 1 aromatic heterocycles. The lowest BCUT2D eigenvalue weighted by Gasteiger charge is -2.08. The highest BCUT2D eigenvalue weighted by atomic mass is 35.5. The largest absolute Gasteiger partial charge is 0.420 e. The van der Waals surface area contributed by atoms with Gasteiger partial charge in [-0.2, -0.15) is 0 Å². The van der Waals surface area contributed by atoms with Gasteiger partial charge >= 0.3 is 5.97 Å². The average Bonchev–Trinajstić information content (AvgIpc) is 2.51. The molecule has 0 saturated carbocycles. The maximum absolute atomic E-state index is 11.3. The summed E-state index contributed by atoms with van der Waals surface area (Å²) in [5, 5.41) is 10.5. The molecule has 7 nitrogen and oxygen atoms in total. The molecule has 23 heavy (non-hydrogen) atoms. The van der Waals surface area contributed by atoms with Gasteiger partial charge in [-0.1, -0.05) is 42.3 Å². The number of halogens is 2. The molecule has 0 radical (unpaired) electrons. The van der Waals surface area contributed by atoms with Crippen molar-refractivity contribution < 1.29 is 14.5 Å². The Kier molecular flexibility index (Phi) is 5.46. The molecule has 0 aliphatic heterocycles. The van der Waals surface area contributed by atoms with Gasteiger partial charge in [-0.3, -0.25) is 14.9 Å². The number of nitro benzene ring substituents is 1. The number of hydrogen-bond acceptors (Lipinski definition) is 6. The maximum Gasteiger partial charge on any atom is 0.311 e. The summed E-state index contributed by atoms with van der Waals surface area (Å²) in [7, 11) is 0. The number of carbonyl (C=O) groups is 1. The molecular formula is C14H11Cl2N3O4. The lowest BCUT2D eigenvalue weighted by molar-refractivity contribution is -0.384. The van der Waals surface area contributed by atoms with E-state index in [9.17, 15) is 14.9 Å². The highest BCUT2D eigenvalue weighted by molar-refractivity contribution is 6.35. The quantitative estimate of drug-likeness (QED) is 0.352. The molecule has 0 unspecified atom stereocenters. The molecule has 0 atom stereocenters. The Bertz CT molecular complexity index is 727. The SMILES string of the molecule is CCC(=O)Oc1c(Cl)nc(Cc2ccc([N+](=O)[O-])cc2)nc1Cl. The molecule has 0 amide bonds. The van der Waals surface area contributed by atoms with Crippen molar-refractivity contribution in [1.82, 2.24) is 9.97 Å². The van der Waals surface area contributed by atoms with E-state index < -0.39 is 10.9 Å². The minimum atomic E-state index is -0.500. The second-order valence-electron chi connectivity index (χ2n) is 4.48. The number of nitro groups is 1. The molecular weight excluding hydrogens is 345 g/mol. The third-order valence-corrected chi connectivity index (χ3v) is 3.36. The first-order valence-electron chi connectivity index (χ1n) is 6.56. The van der Waals surface area contributed by atoms with Crippen molar-refractivity contribution in [3.8, 4) is 5.75 Å². The van der Waals surface area contributed by atoms with Crippen molar-refractivity contribution in [2.45, 2.75) is 19.8 Å². The van der Waals surface area contributed by atoms with Gasteiger partial charge in [-0.05, 0) is 5.56 Å². The van der Waals surface area contributed by atoms with Gasteiger partial charge in [0.15, 0.2) is 10.3 Å². The predicted octanol–water partition coefficient (Wildman–Crippen LogP) is 3.60. The van der Waals surface area contributed by atoms with Crippen molar-refractivity contribution in [3.05, 3.63) is 56.1 Å². The zero-order chi connectivity index (χ0) is 17.0. The number of hydrogen-bond donors (Lipinski definition) is 0. The van der Waals surface area contributed by atoms with Gasteiger partial charge in [0, 0.05) is 25.0 Å². The van der Waals surface area contributed by atoms with Gasteiger partial charge in [0.1, 0.15) is 5.82 Å². The topological polar surface area (TPSA) is 95.2 Å². The maximum atomic E-state index is 11.3. The summed E-state index contributed by atoms with van der Waals surface area (Å²) >= 11 is 11.9. The van der Waals surface area contributed by atoms with E-state index in [1.54, 1.807) is 19.1 Å². The standard InChI is InChI=1S/C14H11Cl2N3O4/c1-2-11(20)23-12-13(15)17-10(18-14(12)16)7-8-3-5-9(6-4-8)19(21)22/h3-6H,2,7H2,1H3. The second kappa shape index (κ2) is 7.34. The molecule has 0 fully saturated rings. The van der Waals surface area contributed by atoms with Crippen molar-refractivity contribution in [2.75, 3.05) is 0 Å². The number of non-ortho nitro benzene ring substituents is 1. The van der Waals surface area contributed by atoms with Gasteiger partial charge < -0.3 is 4.74 Å². The summed E-state index contributed by atoms with van der Waals surface area (Å²) < 4.78 is 4.97. The fourth-order valence-electron chi connectivity index (χ4n) is 1.71. The predicted molar refractivity (Wildman–Crippen MR) is 83.9 cm³/mol. The number of ether oxygens (including phenoxy) is 1. The summed E-state index contributed by atoms with van der Waals surface area (Å²) in [4.78, 5) is 29.5. The number of benzene rings is 1. The van der Waals surface area contributed by atoms with Crippen LogP contribution in [0, 0.1) is 10.1 Å². The lowest BCUT2D eigenvalue weighted by atomic mass is 10.1. The average molecular weight is 356 g/mol. The van der Waals surface area contributed by atoms with Crippen LogP contribution < -0.4 is 4.74 Å². The molecule has 9 heteroatoms. The van der Waals surface area contributed by atoms with Crippen molar-refractivity contribution in [3.63, 3.8) is 0 Å². The molecule has 0 saturated heterocycles. The van der Waals surface area contributed by atoms with Crippen LogP contribution in [0.1, 0.15) is 24.7 Å². The molecule has 0 N–H and O–H groups in total. The van der Waals surface area contributed by atoms with Crippen molar-refractivity contribution >= 4 is 34.9 Å². The van der Waals surface area contributed by atoms with Crippen LogP contribution in [0.2, 0.25) is 10.3 Å². The van der Waals surface area contributed by atoms with Crippen LogP contribution in [0.4, 0.5) is 5.69 Å². The van der Waals surface area contributed by atoms with E-state index in [2.05, 4.69) is 9.97 Å². The number of aromatic nitrogens is 2. The van der Waals surface area contributed by atoms with Crippen LogP contribution in [-0.2, 0) is 11.2 Å². The molecule has 1 aromatic carbocycles. The Balaban J connectivity index is 2.21. The van der Waals surface area contributed by atoms with Gasteiger partial charge in [0.2, 0.25) is 5.75 Å². The first kappa shape index (κ1) is 17.1. The first-order chi connectivity index (χ1) is 10.9. The summed E-state index contributed by atoms with van der Waals surface area (Å²) in [5.74, 6) is -0.265. The van der Waals surface area contributed by atoms with Crippen molar-refractivity contribution in [2.24, 2.45) is 0 Å². The van der Waals surface area contributed by atoms with Gasteiger partial charge in [-0.15, -0.1) is 0 Å². The fraction of sp³-hybridized carbons (Fsp3) is 0.214. The zero-order valence-electron chi connectivity index (χ0n) is 12.0. The van der Waals surface area contributed by atoms with Crippen LogP contribution in [0.25, 0.3) is 0 Å². The Hall–Kier alpha value is -2.25. The third kappa shape index (κ3) is 4.37. The Morgan fingerprint density at radius 1 is 1.22 bits per heavy atom. The second-order valence-corrected chi connectivity index (χ2v) is 5.19. The van der Waals surface area contributed by atoms with E-state index in [1.165, 1.54) is 12.1 Å². The first-order valence-corrected chi connectivity index (χ1v) is 7.32. The van der Waals surface area contributed by atoms with E-state index in [0.717, 1.165) is 5.56 Å². The van der Waals surface area contributed by atoms with E-state index in [0.29, 0.717) is 5.82 Å². The molecule has 1 heterocycles. The van der Waals surface area contributed by atoms with Crippen LogP contribution in [-0.4, -0.2) is 20.9 Å². The summed E-state index contributed by atoms with van der Waals surface area (Å²) in [6, 6.07) is 5.95.